The molecule has 2 rings (SSSR count). The van der Waals surface area contributed by atoms with Crippen molar-refractivity contribution >= 4 is 14.1 Å². The van der Waals surface area contributed by atoms with Gasteiger partial charge in [-0.05, 0) is 75.9 Å². The molecule has 0 saturated heterocycles. The van der Waals surface area contributed by atoms with E-state index in [9.17, 15) is 4.79 Å². The van der Waals surface area contributed by atoms with E-state index in [0.717, 1.165) is 31.6 Å². The molecular formula is C21H40O2Si. The van der Waals surface area contributed by atoms with Gasteiger partial charge in [0, 0.05) is 12.3 Å². The largest absolute Gasteiger partial charge is 0.412 e. The highest BCUT2D eigenvalue weighted by Crippen LogP contribution is 2.59. The van der Waals surface area contributed by atoms with Crippen molar-refractivity contribution in [3.63, 3.8) is 0 Å². The minimum Gasteiger partial charge on any atom is -0.412 e. The van der Waals surface area contributed by atoms with Crippen LogP contribution in [0.3, 0.4) is 0 Å². The van der Waals surface area contributed by atoms with Crippen molar-refractivity contribution in [2.24, 2.45) is 23.2 Å². The van der Waals surface area contributed by atoms with Gasteiger partial charge in [0.2, 0.25) is 0 Å². The molecular weight excluding hydrogens is 312 g/mol. The second kappa shape index (κ2) is 7.23. The first-order chi connectivity index (χ1) is 11.0. The van der Waals surface area contributed by atoms with Gasteiger partial charge < -0.3 is 4.43 Å². The lowest BCUT2D eigenvalue weighted by Gasteiger charge is -2.50. The zero-order valence-electron chi connectivity index (χ0n) is 17.2. The van der Waals surface area contributed by atoms with Crippen LogP contribution in [-0.4, -0.2) is 19.7 Å². The summed E-state index contributed by atoms with van der Waals surface area (Å²) in [5, 5.41) is 0. The molecule has 24 heavy (non-hydrogen) atoms. The molecule has 2 aliphatic rings. The van der Waals surface area contributed by atoms with Crippen LogP contribution in [0.5, 0.6) is 0 Å². The maximum atomic E-state index is 12.5. The Balaban J connectivity index is 2.24. The van der Waals surface area contributed by atoms with Crippen LogP contribution in [0.4, 0.5) is 0 Å². The Morgan fingerprint density at radius 3 is 2.54 bits per heavy atom. The highest BCUT2D eigenvalue weighted by atomic mass is 28.4. The molecule has 0 N–H and O–H groups in total. The zero-order chi connectivity index (χ0) is 18.2. The number of hydrogen-bond donors (Lipinski definition) is 0. The molecule has 0 aromatic carbocycles. The number of fused-ring (bicyclic) bond motifs is 1. The Kier molecular flexibility index (Phi) is 6.07. The minimum atomic E-state index is -1.63. The highest BCUT2D eigenvalue weighted by molar-refractivity contribution is 6.69. The Bertz CT molecular complexity index is 453. The molecule has 0 radical (unpaired) electrons. The van der Waals surface area contributed by atoms with E-state index in [-0.39, 0.29) is 11.0 Å². The average Bonchev–Trinajstić information content (AvgIpc) is 2.75. The average molecular weight is 353 g/mol. The molecule has 4 atom stereocenters. The SMILES string of the molecule is CC(C)CCC[C@](C)(O[Si](C)(C)C)[C@H]1CC[C@H]2C(=O)CCC[C@@]21C. The van der Waals surface area contributed by atoms with Crippen LogP contribution in [0.15, 0.2) is 0 Å². The van der Waals surface area contributed by atoms with E-state index in [1.165, 1.54) is 25.7 Å². The molecule has 2 nitrogen and oxygen atoms in total. The van der Waals surface area contributed by atoms with E-state index in [1.54, 1.807) is 0 Å². The van der Waals surface area contributed by atoms with Crippen LogP contribution in [0.25, 0.3) is 0 Å². The second-order valence-electron chi connectivity index (χ2n) is 10.3. The molecule has 2 saturated carbocycles. The topological polar surface area (TPSA) is 26.3 Å². The summed E-state index contributed by atoms with van der Waals surface area (Å²) in [6.45, 7) is 16.3. The zero-order valence-corrected chi connectivity index (χ0v) is 18.2. The molecule has 2 aliphatic carbocycles. The monoisotopic (exact) mass is 352 g/mol. The quantitative estimate of drug-likeness (QED) is 0.509. The van der Waals surface area contributed by atoms with Crippen molar-refractivity contribution in [1.29, 1.82) is 0 Å². The van der Waals surface area contributed by atoms with E-state index in [4.69, 9.17) is 4.43 Å². The lowest BCUT2D eigenvalue weighted by molar-refractivity contribution is -0.132. The second-order valence-corrected chi connectivity index (χ2v) is 14.8. The van der Waals surface area contributed by atoms with E-state index in [2.05, 4.69) is 47.3 Å². The number of carbonyl (C=O) groups excluding carboxylic acids is 1. The molecule has 140 valence electrons. The molecule has 0 spiro atoms. The third-order valence-electron chi connectivity index (χ3n) is 6.59. The van der Waals surface area contributed by atoms with E-state index in [1.807, 2.05) is 0 Å². The summed E-state index contributed by atoms with van der Waals surface area (Å²) in [6, 6.07) is 0. The van der Waals surface area contributed by atoms with Crippen molar-refractivity contribution in [3.05, 3.63) is 0 Å². The van der Waals surface area contributed by atoms with Crippen molar-refractivity contribution in [2.75, 3.05) is 0 Å². The van der Waals surface area contributed by atoms with E-state index < -0.39 is 8.32 Å². The standard InChI is InChI=1S/C21H40O2Si/c1-16(2)10-8-15-21(4,23-24(5,6)7)19-13-12-17-18(22)11-9-14-20(17,19)3/h16-17,19H,8-15H2,1-7H3/t17-,19-,20-,21-/m0/s1. The van der Waals surface area contributed by atoms with Gasteiger partial charge in [0.15, 0.2) is 8.32 Å². The van der Waals surface area contributed by atoms with Crippen LogP contribution in [-0.2, 0) is 9.22 Å². The predicted octanol–water partition coefficient (Wildman–Crippen LogP) is 6.21. The fraction of sp³-hybridized carbons (Fsp3) is 0.952. The van der Waals surface area contributed by atoms with Gasteiger partial charge in [-0.1, -0.05) is 33.6 Å². The first kappa shape index (κ1) is 20.2. The molecule has 0 heterocycles. The van der Waals surface area contributed by atoms with E-state index in [0.29, 0.717) is 17.6 Å². The van der Waals surface area contributed by atoms with Crippen molar-refractivity contribution in [1.82, 2.24) is 0 Å². The minimum absolute atomic E-state index is 0.0551. The van der Waals surface area contributed by atoms with Gasteiger partial charge in [-0.25, -0.2) is 0 Å². The Morgan fingerprint density at radius 2 is 1.96 bits per heavy atom. The smallest absolute Gasteiger partial charge is 0.184 e. The van der Waals surface area contributed by atoms with Crippen LogP contribution >= 0.6 is 0 Å². The molecule has 0 amide bonds. The summed E-state index contributed by atoms with van der Waals surface area (Å²) >= 11 is 0. The maximum absolute atomic E-state index is 12.5. The normalized spacial score (nSPS) is 33.6. The summed E-state index contributed by atoms with van der Waals surface area (Å²) in [7, 11) is -1.63. The number of Topliss-reactive ketones (excluding diaryl/α,β-unsaturated/α-hetero) is 1. The van der Waals surface area contributed by atoms with Gasteiger partial charge in [-0.2, -0.15) is 0 Å². The fourth-order valence-electron chi connectivity index (χ4n) is 5.79. The van der Waals surface area contributed by atoms with Gasteiger partial charge in [0.05, 0.1) is 5.60 Å². The Labute approximate surface area is 151 Å². The summed E-state index contributed by atoms with van der Waals surface area (Å²) < 4.78 is 6.87. The van der Waals surface area contributed by atoms with Gasteiger partial charge >= 0.3 is 0 Å². The number of hydrogen-bond acceptors (Lipinski definition) is 2. The van der Waals surface area contributed by atoms with Crippen molar-refractivity contribution < 1.29 is 9.22 Å². The molecule has 3 heteroatoms. The lowest BCUT2D eigenvalue weighted by Crippen LogP contribution is -2.52. The predicted molar refractivity (Wildman–Crippen MR) is 105 cm³/mol. The van der Waals surface area contributed by atoms with Gasteiger partial charge in [0.1, 0.15) is 5.78 Å². The van der Waals surface area contributed by atoms with E-state index >= 15 is 0 Å². The number of carbonyl (C=O) groups is 1. The Hall–Kier alpha value is -0.153. The van der Waals surface area contributed by atoms with Crippen LogP contribution in [0, 0.1) is 23.2 Å². The fourth-order valence-corrected chi connectivity index (χ4v) is 7.43. The molecule has 0 aliphatic heterocycles. The third kappa shape index (κ3) is 4.33. The number of rotatable bonds is 7. The molecule has 0 bridgehead atoms. The van der Waals surface area contributed by atoms with Gasteiger partial charge in [-0.3, -0.25) is 4.79 Å². The van der Waals surface area contributed by atoms with Crippen LogP contribution < -0.4 is 0 Å². The molecule has 0 unspecified atom stereocenters. The van der Waals surface area contributed by atoms with Gasteiger partial charge in [0.25, 0.3) is 0 Å². The molecule has 0 aromatic rings. The first-order valence-electron chi connectivity index (χ1n) is 10.2. The molecule has 2 fully saturated rings. The first-order valence-corrected chi connectivity index (χ1v) is 13.6. The molecule has 0 aromatic heterocycles. The maximum Gasteiger partial charge on any atom is 0.184 e. The van der Waals surface area contributed by atoms with Crippen LogP contribution in [0.1, 0.15) is 79.1 Å². The van der Waals surface area contributed by atoms with Crippen molar-refractivity contribution in [3.8, 4) is 0 Å². The van der Waals surface area contributed by atoms with Crippen molar-refractivity contribution in [2.45, 2.75) is 104 Å². The van der Waals surface area contributed by atoms with Crippen LogP contribution in [0.2, 0.25) is 19.6 Å². The Morgan fingerprint density at radius 1 is 1.29 bits per heavy atom. The highest BCUT2D eigenvalue weighted by Gasteiger charge is 2.57. The summed E-state index contributed by atoms with van der Waals surface area (Å²) in [6.07, 6.45) is 9.04. The lowest BCUT2D eigenvalue weighted by atomic mass is 9.60. The number of ketones is 1. The summed E-state index contributed by atoms with van der Waals surface area (Å²) in [5.74, 6) is 2.12. The summed E-state index contributed by atoms with van der Waals surface area (Å²) in [5.41, 5.74) is 0.113. The third-order valence-corrected chi connectivity index (χ3v) is 7.67. The summed E-state index contributed by atoms with van der Waals surface area (Å²) in [4.78, 5) is 12.5. The van der Waals surface area contributed by atoms with Gasteiger partial charge in [-0.15, -0.1) is 0 Å².